The molecule has 1 amide bonds. The van der Waals surface area contributed by atoms with Gasteiger partial charge in [-0.2, -0.15) is 0 Å². The molecular formula is C34H49N3O2. The maximum atomic E-state index is 14.0. The Balaban J connectivity index is 2.12. The van der Waals surface area contributed by atoms with Crippen molar-refractivity contribution in [3.63, 3.8) is 0 Å². The molecule has 3 aromatic rings. The molecule has 0 saturated heterocycles. The van der Waals surface area contributed by atoms with Crippen molar-refractivity contribution < 1.29 is 4.79 Å². The van der Waals surface area contributed by atoms with Crippen molar-refractivity contribution in [2.75, 3.05) is 6.54 Å². The number of hydrogen-bond acceptors (Lipinski definition) is 3. The van der Waals surface area contributed by atoms with Crippen molar-refractivity contribution >= 4 is 16.8 Å². The summed E-state index contributed by atoms with van der Waals surface area (Å²) in [5.74, 6) is 1.09. The number of carbonyl (C=O) groups excluding carboxylic acids is 1. The lowest BCUT2D eigenvalue weighted by molar-refractivity contribution is -0.135. The van der Waals surface area contributed by atoms with Crippen molar-refractivity contribution in [3.05, 3.63) is 70.3 Å². The van der Waals surface area contributed by atoms with Crippen LogP contribution in [-0.4, -0.2) is 26.9 Å². The first-order chi connectivity index (χ1) is 18.6. The summed E-state index contributed by atoms with van der Waals surface area (Å²) in [6, 6.07) is 15.4. The molecule has 0 bridgehead atoms. The summed E-state index contributed by atoms with van der Waals surface area (Å²) >= 11 is 0. The largest absolute Gasteiger partial charge is 0.332 e. The highest BCUT2D eigenvalue weighted by Gasteiger charge is 2.30. The van der Waals surface area contributed by atoms with Crippen LogP contribution in [-0.2, 0) is 11.2 Å². The van der Waals surface area contributed by atoms with Crippen LogP contribution >= 0.6 is 0 Å². The number of carbonyl (C=O) groups is 1. The molecule has 212 valence electrons. The van der Waals surface area contributed by atoms with E-state index in [4.69, 9.17) is 4.98 Å². The topological polar surface area (TPSA) is 55.2 Å². The zero-order valence-corrected chi connectivity index (χ0v) is 25.3. The van der Waals surface area contributed by atoms with Gasteiger partial charge in [-0.25, -0.2) is 4.98 Å². The third kappa shape index (κ3) is 8.03. The third-order valence-corrected chi connectivity index (χ3v) is 7.52. The SMILES string of the molecule is CCCCCCN(C(=O)CC(C)CC(C)(C)C)C(CC)c1nc2ccccc2c(=O)n1-c1ccc(CC)cc1. The number of unbranched alkanes of at least 4 members (excludes halogenated alkanes) is 3. The highest BCUT2D eigenvalue weighted by molar-refractivity contribution is 5.79. The zero-order chi connectivity index (χ0) is 28.6. The summed E-state index contributed by atoms with van der Waals surface area (Å²) in [6.07, 6.45) is 7.45. The Kier molecular flexibility index (Phi) is 10.9. The van der Waals surface area contributed by atoms with Crippen LogP contribution in [0, 0.1) is 11.3 Å². The molecule has 1 aromatic heterocycles. The molecule has 0 aliphatic heterocycles. The second-order valence-corrected chi connectivity index (χ2v) is 12.3. The smallest absolute Gasteiger partial charge is 0.266 e. The number of aryl methyl sites for hydroxylation is 1. The second kappa shape index (κ2) is 13.9. The summed E-state index contributed by atoms with van der Waals surface area (Å²) in [5, 5.41) is 0.593. The number of hydrogen-bond donors (Lipinski definition) is 0. The first-order valence-electron chi connectivity index (χ1n) is 15.0. The van der Waals surface area contributed by atoms with Crippen LogP contribution in [0.2, 0.25) is 0 Å². The first kappa shape index (κ1) is 30.6. The normalized spacial score (nSPS) is 13.4. The number of nitrogens with zero attached hydrogens (tertiary/aromatic N) is 3. The summed E-state index contributed by atoms with van der Waals surface area (Å²) in [7, 11) is 0. The lowest BCUT2D eigenvalue weighted by Gasteiger charge is -2.34. The van der Waals surface area contributed by atoms with Gasteiger partial charge in [-0.05, 0) is 66.8 Å². The summed E-state index contributed by atoms with van der Waals surface area (Å²) in [5.41, 5.74) is 2.77. The number of benzene rings is 2. The molecule has 0 N–H and O–H groups in total. The molecule has 3 rings (SSSR count). The van der Waals surface area contributed by atoms with Crippen LogP contribution in [0.25, 0.3) is 16.6 Å². The molecule has 5 nitrogen and oxygen atoms in total. The Bertz CT molecular complexity index is 1270. The molecule has 0 fully saturated rings. The van der Waals surface area contributed by atoms with Crippen LogP contribution in [0.15, 0.2) is 53.3 Å². The van der Waals surface area contributed by atoms with Gasteiger partial charge in [-0.1, -0.05) is 92.0 Å². The molecule has 2 atom stereocenters. The number of rotatable bonds is 13. The molecule has 1 heterocycles. The third-order valence-electron chi connectivity index (χ3n) is 7.52. The van der Waals surface area contributed by atoms with Gasteiger partial charge in [-0.3, -0.25) is 14.2 Å². The molecule has 2 unspecified atom stereocenters. The van der Waals surface area contributed by atoms with E-state index in [1.165, 1.54) is 5.56 Å². The summed E-state index contributed by atoms with van der Waals surface area (Å²) < 4.78 is 1.75. The molecule has 2 aromatic carbocycles. The van der Waals surface area contributed by atoms with Crippen molar-refractivity contribution in [2.45, 2.75) is 106 Å². The Labute approximate surface area is 235 Å². The van der Waals surface area contributed by atoms with Crippen LogP contribution in [0.4, 0.5) is 0 Å². The van der Waals surface area contributed by atoms with Crippen molar-refractivity contribution in [1.29, 1.82) is 0 Å². The quantitative estimate of drug-likeness (QED) is 0.209. The lowest BCUT2D eigenvalue weighted by Crippen LogP contribution is -2.40. The van der Waals surface area contributed by atoms with Crippen molar-refractivity contribution in [1.82, 2.24) is 14.5 Å². The molecule has 0 aliphatic carbocycles. The van der Waals surface area contributed by atoms with Gasteiger partial charge < -0.3 is 4.90 Å². The minimum Gasteiger partial charge on any atom is -0.332 e. The second-order valence-electron chi connectivity index (χ2n) is 12.3. The Morgan fingerprint density at radius 3 is 2.28 bits per heavy atom. The summed E-state index contributed by atoms with van der Waals surface area (Å²) in [6.45, 7) is 16.0. The molecule has 39 heavy (non-hydrogen) atoms. The van der Waals surface area contributed by atoms with E-state index in [-0.39, 0.29) is 28.8 Å². The highest BCUT2D eigenvalue weighted by atomic mass is 16.2. The standard InChI is InChI=1S/C34H49N3O2/c1-8-11-12-15-22-36(31(38)23-25(4)24-34(5,6)7)30(10-3)32-35-29-17-14-13-16-28(29)33(39)37(32)27-20-18-26(9-2)19-21-27/h13-14,16-21,25,30H,8-12,15,22-24H2,1-7H3. The predicted octanol–water partition coefficient (Wildman–Crippen LogP) is 8.27. The molecule has 0 radical (unpaired) electrons. The summed E-state index contributed by atoms with van der Waals surface area (Å²) in [4.78, 5) is 35.0. The van der Waals surface area contributed by atoms with E-state index in [0.717, 1.165) is 44.2 Å². The zero-order valence-electron chi connectivity index (χ0n) is 25.3. The van der Waals surface area contributed by atoms with Gasteiger partial charge in [0.1, 0.15) is 5.82 Å². The average Bonchev–Trinajstić information content (AvgIpc) is 2.89. The fourth-order valence-electron chi connectivity index (χ4n) is 5.74. The van der Waals surface area contributed by atoms with E-state index in [9.17, 15) is 9.59 Å². The average molecular weight is 532 g/mol. The highest BCUT2D eigenvalue weighted by Crippen LogP contribution is 2.30. The van der Waals surface area contributed by atoms with Crippen molar-refractivity contribution in [3.8, 4) is 5.69 Å². The number of amides is 1. The maximum absolute atomic E-state index is 14.0. The fraction of sp³-hybridized carbons (Fsp3) is 0.559. The van der Waals surface area contributed by atoms with Gasteiger partial charge in [-0.15, -0.1) is 0 Å². The fourth-order valence-corrected chi connectivity index (χ4v) is 5.74. The molecule has 5 heteroatoms. The molecule has 0 saturated carbocycles. The van der Waals surface area contributed by atoms with Crippen LogP contribution in [0.1, 0.15) is 111 Å². The van der Waals surface area contributed by atoms with E-state index in [1.807, 2.05) is 41.3 Å². The van der Waals surface area contributed by atoms with Crippen LogP contribution in [0.5, 0.6) is 0 Å². The molecular weight excluding hydrogens is 482 g/mol. The number of aromatic nitrogens is 2. The first-order valence-corrected chi connectivity index (χ1v) is 15.0. The minimum atomic E-state index is -0.288. The minimum absolute atomic E-state index is 0.0854. The van der Waals surface area contributed by atoms with Gasteiger partial charge in [0.05, 0.1) is 22.6 Å². The lowest BCUT2D eigenvalue weighted by atomic mass is 9.84. The number of fused-ring (bicyclic) bond motifs is 1. The van der Waals surface area contributed by atoms with E-state index in [2.05, 4.69) is 60.6 Å². The van der Waals surface area contributed by atoms with Crippen LogP contribution < -0.4 is 5.56 Å². The number of para-hydroxylation sites is 1. The predicted molar refractivity (Wildman–Crippen MR) is 163 cm³/mol. The van der Waals surface area contributed by atoms with Gasteiger partial charge in [0.25, 0.3) is 5.56 Å². The van der Waals surface area contributed by atoms with E-state index in [0.29, 0.717) is 36.1 Å². The van der Waals surface area contributed by atoms with Gasteiger partial charge in [0.15, 0.2) is 0 Å². The van der Waals surface area contributed by atoms with Crippen LogP contribution in [0.3, 0.4) is 0 Å². The van der Waals surface area contributed by atoms with Gasteiger partial charge in [0.2, 0.25) is 5.91 Å². The van der Waals surface area contributed by atoms with E-state index >= 15 is 0 Å². The Morgan fingerprint density at radius 1 is 0.974 bits per heavy atom. The van der Waals surface area contributed by atoms with E-state index < -0.39 is 0 Å². The van der Waals surface area contributed by atoms with E-state index in [1.54, 1.807) is 4.57 Å². The maximum Gasteiger partial charge on any atom is 0.266 e. The monoisotopic (exact) mass is 531 g/mol. The Morgan fingerprint density at radius 2 is 1.67 bits per heavy atom. The Hall–Kier alpha value is -2.95. The molecule has 0 aliphatic rings. The van der Waals surface area contributed by atoms with Gasteiger partial charge >= 0.3 is 0 Å². The van der Waals surface area contributed by atoms with Crippen molar-refractivity contribution in [2.24, 2.45) is 11.3 Å². The molecule has 0 spiro atoms. The van der Waals surface area contributed by atoms with Gasteiger partial charge in [0, 0.05) is 13.0 Å².